The number of carbonyl (C=O) groups is 1. The van der Waals surface area contributed by atoms with Gasteiger partial charge in [-0.2, -0.15) is 0 Å². The van der Waals surface area contributed by atoms with Gasteiger partial charge in [0.25, 0.3) is 0 Å². The summed E-state index contributed by atoms with van der Waals surface area (Å²) in [5, 5.41) is 5.97. The second-order valence-corrected chi connectivity index (χ2v) is 5.82. The van der Waals surface area contributed by atoms with E-state index in [0.29, 0.717) is 13.2 Å². The van der Waals surface area contributed by atoms with Crippen LogP contribution < -0.4 is 15.4 Å². The lowest BCUT2D eigenvalue weighted by Crippen LogP contribution is -2.33. The Bertz CT molecular complexity index is 638. The zero-order valence-electron chi connectivity index (χ0n) is 14.5. The molecule has 0 spiro atoms. The van der Waals surface area contributed by atoms with E-state index in [1.807, 2.05) is 43.3 Å². The first-order valence-corrected chi connectivity index (χ1v) is 8.46. The van der Waals surface area contributed by atoms with Crippen LogP contribution in [0.3, 0.4) is 0 Å². The molecule has 24 heavy (non-hydrogen) atoms. The average molecular weight is 326 g/mol. The van der Waals surface area contributed by atoms with Crippen LogP contribution in [0.5, 0.6) is 5.75 Å². The molecule has 0 fully saturated rings. The monoisotopic (exact) mass is 326 g/mol. The molecule has 0 aliphatic rings. The van der Waals surface area contributed by atoms with Crippen LogP contribution >= 0.6 is 0 Å². The van der Waals surface area contributed by atoms with Crippen molar-refractivity contribution >= 4 is 11.6 Å². The number of benzene rings is 2. The van der Waals surface area contributed by atoms with Crippen LogP contribution in [-0.2, 0) is 11.2 Å². The first-order chi connectivity index (χ1) is 11.7. The fourth-order valence-corrected chi connectivity index (χ4v) is 2.39. The molecule has 0 saturated carbocycles. The molecule has 2 aromatic carbocycles. The highest BCUT2D eigenvalue weighted by atomic mass is 16.5. The number of hydrogen-bond donors (Lipinski definition) is 2. The molecule has 2 rings (SSSR count). The Hall–Kier alpha value is -2.49. The molecule has 4 nitrogen and oxygen atoms in total. The molecule has 0 radical (unpaired) electrons. The molecule has 0 bridgehead atoms. The predicted molar refractivity (Wildman–Crippen MR) is 98.6 cm³/mol. The molecular weight excluding hydrogens is 300 g/mol. The van der Waals surface area contributed by atoms with Gasteiger partial charge in [0.05, 0.1) is 13.1 Å². The molecule has 0 unspecified atom stereocenters. The Morgan fingerprint density at radius 1 is 1.12 bits per heavy atom. The van der Waals surface area contributed by atoms with Crippen molar-refractivity contribution in [3.8, 4) is 5.75 Å². The first-order valence-electron chi connectivity index (χ1n) is 8.46. The van der Waals surface area contributed by atoms with E-state index in [0.717, 1.165) is 29.8 Å². The van der Waals surface area contributed by atoms with Crippen LogP contribution in [0.2, 0.25) is 0 Å². The number of rotatable bonds is 9. The number of amides is 1. The molecule has 0 atom stereocenters. The van der Waals surface area contributed by atoms with Gasteiger partial charge in [-0.15, -0.1) is 0 Å². The van der Waals surface area contributed by atoms with Gasteiger partial charge in [0, 0.05) is 5.69 Å². The lowest BCUT2D eigenvalue weighted by Gasteiger charge is -2.10. The minimum Gasteiger partial charge on any atom is -0.492 e. The average Bonchev–Trinajstić information content (AvgIpc) is 2.58. The van der Waals surface area contributed by atoms with Gasteiger partial charge in [0.1, 0.15) is 12.4 Å². The molecule has 4 heteroatoms. The highest BCUT2D eigenvalue weighted by Gasteiger charge is 2.01. The van der Waals surface area contributed by atoms with Crippen molar-refractivity contribution in [1.29, 1.82) is 0 Å². The summed E-state index contributed by atoms with van der Waals surface area (Å²) in [6.45, 7) is 5.40. The van der Waals surface area contributed by atoms with Crippen molar-refractivity contribution < 1.29 is 9.53 Å². The first kappa shape index (κ1) is 17.9. The Kier molecular flexibility index (Phi) is 7.15. The molecule has 0 aliphatic heterocycles. The Balaban J connectivity index is 1.62. The molecule has 0 saturated heterocycles. The molecule has 0 aliphatic carbocycles. The molecule has 2 aromatic rings. The van der Waals surface area contributed by atoms with Gasteiger partial charge in [-0.3, -0.25) is 4.79 Å². The third kappa shape index (κ3) is 6.32. The maximum atomic E-state index is 11.8. The van der Waals surface area contributed by atoms with Crippen LogP contribution in [0.15, 0.2) is 48.5 Å². The van der Waals surface area contributed by atoms with Gasteiger partial charge in [0.2, 0.25) is 5.91 Å². The highest BCUT2D eigenvalue weighted by Crippen LogP contribution is 2.12. The van der Waals surface area contributed by atoms with Crippen molar-refractivity contribution in [2.45, 2.75) is 26.7 Å². The Labute approximate surface area is 144 Å². The van der Waals surface area contributed by atoms with Crippen LogP contribution in [0, 0.1) is 6.92 Å². The molecule has 128 valence electrons. The summed E-state index contributed by atoms with van der Waals surface area (Å²) in [4.78, 5) is 11.8. The molecule has 0 heterocycles. The topological polar surface area (TPSA) is 50.4 Å². The minimum absolute atomic E-state index is 0.0412. The summed E-state index contributed by atoms with van der Waals surface area (Å²) in [7, 11) is 0. The molecule has 1 amide bonds. The summed E-state index contributed by atoms with van der Waals surface area (Å²) >= 11 is 0. The quantitative estimate of drug-likeness (QED) is 0.693. The highest BCUT2D eigenvalue weighted by molar-refractivity contribution is 5.80. The summed E-state index contributed by atoms with van der Waals surface area (Å²) in [5.74, 6) is 0.787. The number of anilines is 1. The maximum absolute atomic E-state index is 11.8. The van der Waals surface area contributed by atoms with Crippen LogP contribution in [0.1, 0.15) is 24.5 Å². The van der Waals surface area contributed by atoms with E-state index in [4.69, 9.17) is 4.74 Å². The SMILES string of the molecule is CCCc1ccc(NCC(=O)NCCOc2cccc(C)c2)cc1. The van der Waals surface area contributed by atoms with Crippen molar-refractivity contribution in [3.05, 3.63) is 59.7 Å². The summed E-state index contributed by atoms with van der Waals surface area (Å²) < 4.78 is 5.60. The van der Waals surface area contributed by atoms with E-state index < -0.39 is 0 Å². The van der Waals surface area contributed by atoms with E-state index in [2.05, 4.69) is 29.7 Å². The Morgan fingerprint density at radius 2 is 1.92 bits per heavy atom. The van der Waals surface area contributed by atoms with E-state index in [9.17, 15) is 4.79 Å². The fraction of sp³-hybridized carbons (Fsp3) is 0.350. The standard InChI is InChI=1S/C20H26N2O2/c1-3-5-17-8-10-18(11-9-17)22-15-20(23)21-12-13-24-19-7-4-6-16(2)14-19/h4,6-11,14,22H,3,5,12-13,15H2,1-2H3,(H,21,23). The third-order valence-corrected chi connectivity index (χ3v) is 3.63. The lowest BCUT2D eigenvalue weighted by atomic mass is 10.1. The number of ether oxygens (including phenoxy) is 1. The summed E-state index contributed by atoms with van der Waals surface area (Å²) in [6.07, 6.45) is 2.22. The Morgan fingerprint density at radius 3 is 2.62 bits per heavy atom. The van der Waals surface area contributed by atoms with E-state index >= 15 is 0 Å². The minimum atomic E-state index is -0.0412. The van der Waals surface area contributed by atoms with Gasteiger partial charge < -0.3 is 15.4 Å². The molecule has 2 N–H and O–H groups in total. The summed E-state index contributed by atoms with van der Waals surface area (Å²) in [6, 6.07) is 16.1. The van der Waals surface area contributed by atoms with E-state index in [1.165, 1.54) is 5.56 Å². The second kappa shape index (κ2) is 9.60. The van der Waals surface area contributed by atoms with Crippen molar-refractivity contribution in [1.82, 2.24) is 5.32 Å². The zero-order valence-corrected chi connectivity index (χ0v) is 14.5. The van der Waals surface area contributed by atoms with Crippen LogP contribution in [0.4, 0.5) is 5.69 Å². The van der Waals surface area contributed by atoms with E-state index in [-0.39, 0.29) is 12.5 Å². The third-order valence-electron chi connectivity index (χ3n) is 3.63. The van der Waals surface area contributed by atoms with Crippen LogP contribution in [-0.4, -0.2) is 25.6 Å². The predicted octanol–water partition coefficient (Wildman–Crippen LogP) is 3.55. The zero-order chi connectivity index (χ0) is 17.2. The lowest BCUT2D eigenvalue weighted by molar-refractivity contribution is -0.119. The van der Waals surface area contributed by atoms with Gasteiger partial charge in [0.15, 0.2) is 0 Å². The number of nitrogens with one attached hydrogen (secondary N) is 2. The van der Waals surface area contributed by atoms with Gasteiger partial charge >= 0.3 is 0 Å². The fourth-order valence-electron chi connectivity index (χ4n) is 2.39. The second-order valence-electron chi connectivity index (χ2n) is 5.82. The smallest absolute Gasteiger partial charge is 0.239 e. The van der Waals surface area contributed by atoms with Gasteiger partial charge in [-0.1, -0.05) is 37.6 Å². The van der Waals surface area contributed by atoms with Gasteiger partial charge in [-0.25, -0.2) is 0 Å². The van der Waals surface area contributed by atoms with Crippen molar-refractivity contribution in [2.75, 3.05) is 25.0 Å². The number of hydrogen-bond acceptors (Lipinski definition) is 3. The number of carbonyl (C=O) groups excluding carboxylic acids is 1. The largest absolute Gasteiger partial charge is 0.492 e. The maximum Gasteiger partial charge on any atom is 0.239 e. The van der Waals surface area contributed by atoms with Crippen molar-refractivity contribution in [2.24, 2.45) is 0 Å². The number of aryl methyl sites for hydroxylation is 2. The van der Waals surface area contributed by atoms with Crippen molar-refractivity contribution in [3.63, 3.8) is 0 Å². The van der Waals surface area contributed by atoms with Crippen LogP contribution in [0.25, 0.3) is 0 Å². The molecule has 0 aromatic heterocycles. The summed E-state index contributed by atoms with van der Waals surface area (Å²) in [5.41, 5.74) is 3.44. The molecular formula is C20H26N2O2. The van der Waals surface area contributed by atoms with E-state index in [1.54, 1.807) is 0 Å². The normalized spacial score (nSPS) is 10.2. The van der Waals surface area contributed by atoms with Gasteiger partial charge in [-0.05, 0) is 48.7 Å².